The predicted octanol–water partition coefficient (Wildman–Crippen LogP) is 1.86. The molecule has 1 rings (SSSR count). The maximum Gasteiger partial charge on any atom is 0.255 e. The summed E-state index contributed by atoms with van der Waals surface area (Å²) < 4.78 is 5.40. The average Bonchev–Trinajstić information content (AvgIpc) is 2.87. The van der Waals surface area contributed by atoms with Crippen LogP contribution in [0.25, 0.3) is 0 Å². The Balaban J connectivity index is 2.87. The van der Waals surface area contributed by atoms with Gasteiger partial charge in [0.25, 0.3) is 5.91 Å². The van der Waals surface area contributed by atoms with Gasteiger partial charge < -0.3 is 15.4 Å². The highest BCUT2D eigenvalue weighted by atomic mass is 32.1. The molecule has 104 valence electrons. The van der Waals surface area contributed by atoms with E-state index in [1.165, 1.54) is 12.8 Å². The normalized spacial score (nSPS) is 19.5. The van der Waals surface area contributed by atoms with E-state index in [4.69, 9.17) is 22.7 Å². The number of nitrogens with zero attached hydrogens (tertiary/aromatic N) is 1. The van der Waals surface area contributed by atoms with Gasteiger partial charge in [-0.1, -0.05) is 32.0 Å². The van der Waals surface area contributed by atoms with Crippen molar-refractivity contribution in [1.82, 2.24) is 4.90 Å². The highest BCUT2D eigenvalue weighted by molar-refractivity contribution is 7.80. The summed E-state index contributed by atoms with van der Waals surface area (Å²) in [6.07, 6.45) is 5.06. The van der Waals surface area contributed by atoms with Gasteiger partial charge in [-0.15, -0.1) is 0 Å². The Kier molecular flexibility index (Phi) is 5.53. The van der Waals surface area contributed by atoms with E-state index in [2.05, 4.69) is 0 Å². The van der Waals surface area contributed by atoms with Crippen molar-refractivity contribution in [2.75, 3.05) is 13.7 Å². The Morgan fingerprint density at radius 3 is 2.44 bits per heavy atom. The molecule has 0 aliphatic heterocycles. The van der Waals surface area contributed by atoms with Gasteiger partial charge in [-0.05, 0) is 26.2 Å². The molecule has 0 bridgehead atoms. The summed E-state index contributed by atoms with van der Waals surface area (Å²) in [5.74, 6) is 0.00667. The summed E-state index contributed by atoms with van der Waals surface area (Å²) in [5.41, 5.74) is 4.85. The number of hydrogen-bond donors (Lipinski definition) is 1. The molecule has 1 aliphatic carbocycles. The van der Waals surface area contributed by atoms with Crippen molar-refractivity contribution < 1.29 is 9.53 Å². The van der Waals surface area contributed by atoms with Gasteiger partial charge in [0.1, 0.15) is 5.60 Å². The maximum atomic E-state index is 12.6. The first-order valence-corrected chi connectivity index (χ1v) is 7.00. The van der Waals surface area contributed by atoms with E-state index in [9.17, 15) is 4.79 Å². The Morgan fingerprint density at radius 1 is 1.50 bits per heavy atom. The number of ether oxygens (including phenoxy) is 1. The number of thiocarbonyl (C=S) groups is 1. The first kappa shape index (κ1) is 15.4. The van der Waals surface area contributed by atoms with Crippen LogP contribution in [0.15, 0.2) is 0 Å². The Labute approximate surface area is 115 Å². The van der Waals surface area contributed by atoms with Crippen LogP contribution in [0.2, 0.25) is 0 Å². The van der Waals surface area contributed by atoms with E-state index in [-0.39, 0.29) is 11.9 Å². The largest absolute Gasteiger partial charge is 0.392 e. The molecule has 2 N–H and O–H groups in total. The molecule has 0 spiro atoms. The highest BCUT2D eigenvalue weighted by Gasteiger charge is 2.38. The van der Waals surface area contributed by atoms with Crippen molar-refractivity contribution in [2.45, 2.75) is 57.6 Å². The lowest BCUT2D eigenvalue weighted by Gasteiger charge is -2.36. The second-order valence-electron chi connectivity index (χ2n) is 5.13. The van der Waals surface area contributed by atoms with Crippen LogP contribution in [-0.2, 0) is 9.53 Å². The van der Waals surface area contributed by atoms with Gasteiger partial charge in [0.05, 0.1) is 11.5 Å². The van der Waals surface area contributed by atoms with E-state index in [0.717, 1.165) is 12.8 Å². The molecule has 0 aromatic carbocycles. The molecule has 1 amide bonds. The molecule has 18 heavy (non-hydrogen) atoms. The summed E-state index contributed by atoms with van der Waals surface area (Å²) in [6, 6.07) is 0.264. The molecule has 1 saturated carbocycles. The van der Waals surface area contributed by atoms with Crippen LogP contribution in [0.4, 0.5) is 0 Å². The Hall–Kier alpha value is -0.680. The number of carbonyl (C=O) groups excluding carboxylic acids is 1. The molecule has 0 radical (unpaired) electrons. The van der Waals surface area contributed by atoms with Gasteiger partial charge in [0.15, 0.2) is 0 Å². The molecule has 0 saturated heterocycles. The standard InChI is InChI=1S/C13H24N2O2S/c1-4-13(2,17-3)12(16)15(9-11(14)18)10-7-5-6-8-10/h10H,4-9H2,1-3H3,(H2,14,18). The van der Waals surface area contributed by atoms with Crippen LogP contribution in [-0.4, -0.2) is 41.1 Å². The second kappa shape index (κ2) is 6.48. The molecule has 0 heterocycles. The molecule has 1 unspecified atom stereocenters. The third-order valence-corrected chi connectivity index (χ3v) is 4.06. The van der Waals surface area contributed by atoms with Crippen LogP contribution < -0.4 is 5.73 Å². The molecule has 1 atom stereocenters. The van der Waals surface area contributed by atoms with Crippen LogP contribution in [0.1, 0.15) is 46.0 Å². The Bertz CT molecular complexity index is 310. The van der Waals surface area contributed by atoms with Crippen molar-refractivity contribution in [1.29, 1.82) is 0 Å². The van der Waals surface area contributed by atoms with E-state index >= 15 is 0 Å². The summed E-state index contributed by atoms with van der Waals surface area (Å²) in [6.45, 7) is 4.14. The van der Waals surface area contributed by atoms with E-state index < -0.39 is 5.60 Å². The highest BCUT2D eigenvalue weighted by Crippen LogP contribution is 2.27. The summed E-state index contributed by atoms with van der Waals surface area (Å²) >= 11 is 4.96. The number of hydrogen-bond acceptors (Lipinski definition) is 3. The molecular formula is C13H24N2O2S. The summed E-state index contributed by atoms with van der Waals surface area (Å²) in [7, 11) is 1.58. The lowest BCUT2D eigenvalue weighted by atomic mass is 9.99. The number of rotatable bonds is 6. The van der Waals surface area contributed by atoms with Gasteiger partial charge in [-0.25, -0.2) is 0 Å². The second-order valence-corrected chi connectivity index (χ2v) is 5.65. The van der Waals surface area contributed by atoms with Crippen molar-refractivity contribution in [3.8, 4) is 0 Å². The van der Waals surface area contributed by atoms with E-state index in [0.29, 0.717) is 18.0 Å². The smallest absolute Gasteiger partial charge is 0.255 e. The molecule has 0 aromatic rings. The fourth-order valence-corrected chi connectivity index (χ4v) is 2.58. The molecule has 5 heteroatoms. The van der Waals surface area contributed by atoms with Crippen LogP contribution >= 0.6 is 12.2 Å². The molecule has 1 fully saturated rings. The number of methoxy groups -OCH3 is 1. The summed E-state index contributed by atoms with van der Waals surface area (Å²) in [5, 5.41) is 0. The number of carbonyl (C=O) groups is 1. The van der Waals surface area contributed by atoms with Gasteiger partial charge in [0, 0.05) is 13.2 Å². The average molecular weight is 272 g/mol. The quantitative estimate of drug-likeness (QED) is 0.750. The predicted molar refractivity (Wildman–Crippen MR) is 76.5 cm³/mol. The van der Waals surface area contributed by atoms with Crippen LogP contribution in [0.5, 0.6) is 0 Å². The van der Waals surface area contributed by atoms with Crippen LogP contribution in [0.3, 0.4) is 0 Å². The van der Waals surface area contributed by atoms with Gasteiger partial charge in [-0.2, -0.15) is 0 Å². The maximum absolute atomic E-state index is 12.6. The van der Waals surface area contributed by atoms with Gasteiger partial charge in [0.2, 0.25) is 0 Å². The number of nitrogens with two attached hydrogens (primary N) is 1. The van der Waals surface area contributed by atoms with Crippen LogP contribution in [0, 0.1) is 0 Å². The zero-order valence-electron chi connectivity index (χ0n) is 11.6. The minimum absolute atomic E-state index is 0.00667. The minimum Gasteiger partial charge on any atom is -0.392 e. The van der Waals surface area contributed by atoms with Crippen molar-refractivity contribution in [3.63, 3.8) is 0 Å². The zero-order valence-corrected chi connectivity index (χ0v) is 12.4. The SMILES string of the molecule is CCC(C)(OC)C(=O)N(CC(N)=S)C1CCCC1. The van der Waals surface area contributed by atoms with Gasteiger partial charge in [-0.3, -0.25) is 4.79 Å². The third kappa shape index (κ3) is 3.42. The first-order chi connectivity index (χ1) is 8.44. The van der Waals surface area contributed by atoms with Crippen molar-refractivity contribution in [3.05, 3.63) is 0 Å². The zero-order chi connectivity index (χ0) is 13.8. The van der Waals surface area contributed by atoms with Crippen molar-refractivity contribution >= 4 is 23.1 Å². The molecule has 1 aliphatic rings. The summed E-state index contributed by atoms with van der Waals surface area (Å²) in [4.78, 5) is 14.8. The minimum atomic E-state index is -0.770. The fourth-order valence-electron chi connectivity index (χ4n) is 2.44. The first-order valence-electron chi connectivity index (χ1n) is 6.59. The lowest BCUT2D eigenvalue weighted by Crippen LogP contribution is -2.53. The topological polar surface area (TPSA) is 55.6 Å². The van der Waals surface area contributed by atoms with E-state index in [1.54, 1.807) is 7.11 Å². The number of amides is 1. The fraction of sp³-hybridized carbons (Fsp3) is 0.846. The Morgan fingerprint density at radius 2 is 2.06 bits per heavy atom. The molecular weight excluding hydrogens is 248 g/mol. The van der Waals surface area contributed by atoms with Crippen molar-refractivity contribution in [2.24, 2.45) is 5.73 Å². The van der Waals surface area contributed by atoms with E-state index in [1.807, 2.05) is 18.7 Å². The monoisotopic (exact) mass is 272 g/mol. The molecule has 0 aromatic heterocycles. The lowest BCUT2D eigenvalue weighted by molar-refractivity contribution is -0.154. The van der Waals surface area contributed by atoms with Gasteiger partial charge >= 0.3 is 0 Å². The molecule has 4 nitrogen and oxygen atoms in total. The third-order valence-electron chi connectivity index (χ3n) is 3.93.